The molecule has 8 heteroatoms. The van der Waals surface area contributed by atoms with Crippen LogP contribution >= 0.6 is 0 Å². The summed E-state index contributed by atoms with van der Waals surface area (Å²) in [5, 5.41) is 4.86. The van der Waals surface area contributed by atoms with Crippen molar-refractivity contribution in [2.24, 2.45) is 0 Å². The second-order valence-corrected chi connectivity index (χ2v) is 6.32. The molecular weight excluding hydrogens is 372 g/mol. The van der Waals surface area contributed by atoms with Crippen LogP contribution in [0.1, 0.15) is 5.56 Å². The summed E-state index contributed by atoms with van der Waals surface area (Å²) in [7, 11) is 4.51. The molecule has 2 heterocycles. The number of fused-ring (bicyclic) bond motifs is 1. The molecule has 0 fully saturated rings. The van der Waals surface area contributed by atoms with Gasteiger partial charge in [0.05, 0.1) is 33.3 Å². The van der Waals surface area contributed by atoms with Gasteiger partial charge in [-0.2, -0.15) is 5.10 Å². The van der Waals surface area contributed by atoms with Crippen LogP contribution in [0.2, 0.25) is 0 Å². The first kappa shape index (κ1) is 18.5. The van der Waals surface area contributed by atoms with Crippen LogP contribution in [0, 0.1) is 0 Å². The highest BCUT2D eigenvalue weighted by molar-refractivity contribution is 5.89. The first-order chi connectivity index (χ1) is 14.2. The van der Waals surface area contributed by atoms with Crippen LogP contribution in [-0.4, -0.2) is 40.7 Å². The fourth-order valence-electron chi connectivity index (χ4n) is 3.23. The molecular formula is C21H20N4O4. The van der Waals surface area contributed by atoms with Gasteiger partial charge in [0.1, 0.15) is 11.8 Å². The molecule has 4 aromatic rings. The number of hydrogen-bond donors (Lipinski definition) is 0. The molecule has 29 heavy (non-hydrogen) atoms. The topological polar surface area (TPSA) is 80.4 Å². The summed E-state index contributed by atoms with van der Waals surface area (Å²) in [6.45, 7) is 0.607. The fraction of sp³-hybridized carbons (Fsp3) is 0.190. The minimum absolute atomic E-state index is 0.279. The van der Waals surface area contributed by atoms with Crippen molar-refractivity contribution >= 4 is 10.9 Å². The molecule has 0 bridgehead atoms. The summed E-state index contributed by atoms with van der Waals surface area (Å²) in [5.41, 5.74) is 1.24. The molecule has 0 saturated carbocycles. The van der Waals surface area contributed by atoms with Crippen molar-refractivity contribution in [3.63, 3.8) is 0 Å². The third kappa shape index (κ3) is 3.29. The van der Waals surface area contributed by atoms with E-state index in [9.17, 15) is 4.79 Å². The van der Waals surface area contributed by atoms with Gasteiger partial charge in [-0.25, -0.2) is 9.55 Å². The van der Waals surface area contributed by atoms with Crippen molar-refractivity contribution in [2.75, 3.05) is 21.3 Å². The molecule has 0 aliphatic rings. The van der Waals surface area contributed by atoms with Crippen molar-refractivity contribution in [1.82, 2.24) is 19.3 Å². The van der Waals surface area contributed by atoms with Crippen LogP contribution in [0.4, 0.5) is 0 Å². The van der Waals surface area contributed by atoms with Gasteiger partial charge in [0.25, 0.3) is 5.56 Å². The first-order valence-electron chi connectivity index (χ1n) is 8.94. The Morgan fingerprint density at radius 2 is 1.72 bits per heavy atom. The Hall–Kier alpha value is -3.81. The van der Waals surface area contributed by atoms with Gasteiger partial charge >= 0.3 is 0 Å². The lowest BCUT2D eigenvalue weighted by molar-refractivity contribution is 0.326. The number of aromatic nitrogens is 4. The minimum Gasteiger partial charge on any atom is -0.493 e. The molecule has 0 aliphatic heterocycles. The SMILES string of the molecule is COc1cc2c(=O)n(-c3ccn(Cc4ccccc4)n3)cnc2c(OC)c1OC. The lowest BCUT2D eigenvalue weighted by atomic mass is 10.2. The molecule has 0 aliphatic carbocycles. The number of methoxy groups -OCH3 is 3. The normalized spacial score (nSPS) is 10.9. The Morgan fingerprint density at radius 1 is 0.966 bits per heavy atom. The standard InChI is InChI=1S/C21H20N4O4/c1-27-16-11-15-18(20(29-3)19(16)28-2)22-13-25(21(15)26)17-9-10-24(23-17)12-14-7-5-4-6-8-14/h4-11,13H,12H2,1-3H3. The Kier molecular flexibility index (Phi) is 4.90. The molecule has 0 unspecified atom stereocenters. The van der Waals surface area contributed by atoms with Crippen molar-refractivity contribution in [3.8, 4) is 23.1 Å². The predicted molar refractivity (Wildman–Crippen MR) is 108 cm³/mol. The van der Waals surface area contributed by atoms with Gasteiger partial charge in [0, 0.05) is 12.3 Å². The number of nitrogens with zero attached hydrogens (tertiary/aromatic N) is 4. The quantitative estimate of drug-likeness (QED) is 0.502. The third-order valence-corrected chi connectivity index (χ3v) is 4.62. The highest BCUT2D eigenvalue weighted by Gasteiger charge is 2.20. The number of ether oxygens (including phenoxy) is 3. The van der Waals surface area contributed by atoms with E-state index in [4.69, 9.17) is 14.2 Å². The molecule has 2 aromatic heterocycles. The highest BCUT2D eigenvalue weighted by Crippen LogP contribution is 2.41. The molecule has 0 atom stereocenters. The average Bonchev–Trinajstić information content (AvgIpc) is 3.21. The number of benzene rings is 2. The maximum atomic E-state index is 13.2. The summed E-state index contributed by atoms with van der Waals surface area (Å²) in [6.07, 6.45) is 3.27. The van der Waals surface area contributed by atoms with E-state index in [0.29, 0.717) is 40.5 Å². The van der Waals surface area contributed by atoms with Crippen LogP contribution in [0.25, 0.3) is 16.7 Å². The summed E-state index contributed by atoms with van der Waals surface area (Å²) in [4.78, 5) is 17.6. The van der Waals surface area contributed by atoms with Crippen LogP contribution in [0.3, 0.4) is 0 Å². The van der Waals surface area contributed by atoms with E-state index in [-0.39, 0.29) is 5.56 Å². The lowest BCUT2D eigenvalue weighted by Crippen LogP contribution is -2.20. The Labute approximate surface area is 166 Å². The van der Waals surface area contributed by atoms with Crippen molar-refractivity contribution < 1.29 is 14.2 Å². The molecule has 0 N–H and O–H groups in total. The Balaban J connectivity index is 1.80. The Morgan fingerprint density at radius 3 is 2.41 bits per heavy atom. The zero-order valence-corrected chi connectivity index (χ0v) is 16.3. The molecule has 148 valence electrons. The summed E-state index contributed by atoms with van der Waals surface area (Å²) < 4.78 is 19.3. The molecule has 0 saturated heterocycles. The van der Waals surface area contributed by atoms with Gasteiger partial charge in [-0.1, -0.05) is 30.3 Å². The summed E-state index contributed by atoms with van der Waals surface area (Å²) in [5.74, 6) is 1.61. The zero-order valence-electron chi connectivity index (χ0n) is 16.3. The smallest absolute Gasteiger partial charge is 0.267 e. The first-order valence-corrected chi connectivity index (χ1v) is 8.94. The van der Waals surface area contributed by atoms with Crippen molar-refractivity contribution in [1.29, 1.82) is 0 Å². The van der Waals surface area contributed by atoms with Crippen LogP contribution in [0.15, 0.2) is 59.8 Å². The van der Waals surface area contributed by atoms with Crippen molar-refractivity contribution in [2.45, 2.75) is 6.54 Å². The van der Waals surface area contributed by atoms with Crippen molar-refractivity contribution in [3.05, 3.63) is 70.9 Å². The zero-order chi connectivity index (χ0) is 20.4. The molecule has 0 radical (unpaired) electrons. The molecule has 4 rings (SSSR count). The van der Waals surface area contributed by atoms with E-state index in [0.717, 1.165) is 5.56 Å². The molecule has 8 nitrogen and oxygen atoms in total. The number of rotatable bonds is 6. The van der Waals surface area contributed by atoms with E-state index in [1.807, 2.05) is 36.5 Å². The van der Waals surface area contributed by atoms with Crippen LogP contribution < -0.4 is 19.8 Å². The summed E-state index contributed by atoms with van der Waals surface area (Å²) >= 11 is 0. The third-order valence-electron chi connectivity index (χ3n) is 4.62. The summed E-state index contributed by atoms with van der Waals surface area (Å²) in [6, 6.07) is 13.3. The van der Waals surface area contributed by atoms with Gasteiger partial charge < -0.3 is 14.2 Å². The molecule has 0 spiro atoms. The minimum atomic E-state index is -0.279. The average molecular weight is 392 g/mol. The second-order valence-electron chi connectivity index (χ2n) is 6.32. The van der Waals surface area contributed by atoms with E-state index in [1.54, 1.807) is 16.8 Å². The van der Waals surface area contributed by atoms with E-state index in [1.165, 1.54) is 32.2 Å². The Bertz CT molecular complexity index is 1210. The van der Waals surface area contributed by atoms with Gasteiger partial charge in [-0.15, -0.1) is 0 Å². The van der Waals surface area contributed by atoms with Gasteiger partial charge in [-0.3, -0.25) is 9.48 Å². The van der Waals surface area contributed by atoms with E-state index < -0.39 is 0 Å². The van der Waals surface area contributed by atoms with E-state index >= 15 is 0 Å². The second kappa shape index (κ2) is 7.67. The van der Waals surface area contributed by atoms with E-state index in [2.05, 4.69) is 10.1 Å². The molecule has 0 amide bonds. The predicted octanol–water partition coefficient (Wildman–Crippen LogP) is 2.66. The van der Waals surface area contributed by atoms with Crippen LogP contribution in [0.5, 0.6) is 17.2 Å². The maximum Gasteiger partial charge on any atom is 0.267 e. The maximum absolute atomic E-state index is 13.2. The van der Waals surface area contributed by atoms with Gasteiger partial charge in [0.2, 0.25) is 5.75 Å². The fourth-order valence-corrected chi connectivity index (χ4v) is 3.23. The van der Waals surface area contributed by atoms with Gasteiger partial charge in [-0.05, 0) is 11.6 Å². The lowest BCUT2D eigenvalue weighted by Gasteiger charge is -2.14. The van der Waals surface area contributed by atoms with Gasteiger partial charge in [0.15, 0.2) is 17.3 Å². The monoisotopic (exact) mass is 392 g/mol. The van der Waals surface area contributed by atoms with Crippen LogP contribution in [-0.2, 0) is 6.54 Å². The molecule has 2 aromatic carbocycles. The largest absolute Gasteiger partial charge is 0.493 e. The number of hydrogen-bond acceptors (Lipinski definition) is 6. The highest BCUT2D eigenvalue weighted by atomic mass is 16.5.